The van der Waals surface area contributed by atoms with Crippen molar-refractivity contribution < 1.29 is 27.5 Å². The molecule has 0 unspecified atom stereocenters. The van der Waals surface area contributed by atoms with Crippen LogP contribution in [0.15, 0.2) is 60.5 Å². The van der Waals surface area contributed by atoms with Crippen LogP contribution in [0.25, 0.3) is 16.8 Å². The average Bonchev–Trinajstić information content (AvgIpc) is 3.96. The van der Waals surface area contributed by atoms with Gasteiger partial charge in [-0.3, -0.25) is 19.1 Å². The van der Waals surface area contributed by atoms with Crippen LogP contribution in [0.4, 0.5) is 5.13 Å². The summed E-state index contributed by atoms with van der Waals surface area (Å²) in [6.45, 7) is 7.81. The smallest absolute Gasteiger partial charge is 0.259 e. The Morgan fingerprint density at radius 1 is 1.22 bits per heavy atom. The third-order valence-electron chi connectivity index (χ3n) is 9.90. The Labute approximate surface area is 290 Å². The highest BCUT2D eigenvalue weighted by Gasteiger charge is 2.62. The number of nitrogens with one attached hydrogen (secondary N) is 3. The van der Waals surface area contributed by atoms with E-state index in [0.29, 0.717) is 23.7 Å². The number of carbonyl (C=O) groups is 3. The van der Waals surface area contributed by atoms with Gasteiger partial charge in [0, 0.05) is 23.1 Å². The summed E-state index contributed by atoms with van der Waals surface area (Å²) in [5, 5.41) is 10.1. The molecule has 258 valence electrons. The summed E-state index contributed by atoms with van der Waals surface area (Å²) in [5.41, 5.74) is 0.487. The van der Waals surface area contributed by atoms with Gasteiger partial charge in [0.1, 0.15) is 29.5 Å². The van der Waals surface area contributed by atoms with Crippen LogP contribution in [0, 0.1) is 11.8 Å². The van der Waals surface area contributed by atoms with Gasteiger partial charge in [0.25, 0.3) is 5.91 Å². The number of hydrogen-bond donors (Lipinski definition) is 3. The van der Waals surface area contributed by atoms with E-state index in [4.69, 9.17) is 9.72 Å². The second kappa shape index (κ2) is 12.9. The van der Waals surface area contributed by atoms with Crippen molar-refractivity contribution in [2.45, 2.75) is 81.3 Å². The standard InChI is InChI=1S/C36H41N5O6S2/c1-4-24-18-36(24,34(44)40-49(45,46)27-14-15-27)39-32(42)29-17-26-19-41(29)33(43)31(21(2)3)38-35-37-25(20-48-35)10-6-5-8-22-12-13-23-9-7-11-30(47-26)28(23)16-22/h4-5,7-9,11-13,16,20-21,24,26-27,29,31H,1,6,10,14-15,17-19H2,2-3H3,(H,37,38)(H,39,42)(H,40,44)/b8-5+/t24-,26-,29+,31+,36-/m1/s1. The summed E-state index contributed by atoms with van der Waals surface area (Å²) in [4.78, 5) is 48.4. The molecule has 3 heterocycles. The number of aryl methyl sites for hydroxylation is 1. The predicted molar refractivity (Wildman–Crippen MR) is 189 cm³/mol. The van der Waals surface area contributed by atoms with Gasteiger partial charge in [-0.2, -0.15) is 0 Å². The summed E-state index contributed by atoms with van der Waals surface area (Å²) in [5.74, 6) is -1.55. The number of anilines is 1. The first kappa shape index (κ1) is 33.3. The molecule has 3 fully saturated rings. The fourth-order valence-corrected chi connectivity index (χ4v) is 8.95. The largest absolute Gasteiger partial charge is 0.488 e. The van der Waals surface area contributed by atoms with Crippen LogP contribution in [0.5, 0.6) is 5.75 Å². The van der Waals surface area contributed by atoms with Crippen molar-refractivity contribution in [1.29, 1.82) is 0 Å². The quantitative estimate of drug-likeness (QED) is 0.307. The summed E-state index contributed by atoms with van der Waals surface area (Å²) in [6, 6.07) is 10.4. The van der Waals surface area contributed by atoms with Crippen LogP contribution in [0.3, 0.4) is 0 Å². The lowest BCUT2D eigenvalue weighted by atomic mass is 10.0. The second-order valence-electron chi connectivity index (χ2n) is 13.9. The fraction of sp³-hybridized carbons (Fsp3) is 0.444. The number of hydrogen-bond acceptors (Lipinski definition) is 9. The zero-order valence-electron chi connectivity index (χ0n) is 27.6. The van der Waals surface area contributed by atoms with Crippen molar-refractivity contribution in [1.82, 2.24) is 19.9 Å². The first-order valence-electron chi connectivity index (χ1n) is 16.9. The molecule has 3 N–H and O–H groups in total. The van der Waals surface area contributed by atoms with Gasteiger partial charge in [0.05, 0.1) is 17.5 Å². The SMILES string of the molecule is C=C[C@@H]1C[C@]1(NC(=O)[C@@H]1C[C@@H]2CN1C(=O)[C@H](C(C)C)Nc1nc(cs1)CC/C=C/c1ccc3cccc(c3c1)O2)C(=O)NS(=O)(=O)C1CC1. The monoisotopic (exact) mass is 703 g/mol. The molecule has 2 aliphatic heterocycles. The molecule has 2 aliphatic carbocycles. The molecule has 1 aromatic heterocycles. The van der Waals surface area contributed by atoms with E-state index in [1.54, 1.807) is 6.08 Å². The lowest BCUT2D eigenvalue weighted by Gasteiger charge is -2.31. The Kier molecular flexibility index (Phi) is 8.76. The molecule has 11 nitrogen and oxygen atoms in total. The molecule has 6 bridgehead atoms. The maximum Gasteiger partial charge on any atom is 0.259 e. The minimum absolute atomic E-state index is 0.140. The summed E-state index contributed by atoms with van der Waals surface area (Å²) in [6.07, 6.45) is 8.17. The van der Waals surface area contributed by atoms with Gasteiger partial charge in [-0.1, -0.05) is 56.3 Å². The van der Waals surface area contributed by atoms with E-state index >= 15 is 0 Å². The van der Waals surface area contributed by atoms with Crippen molar-refractivity contribution in [3.8, 4) is 5.75 Å². The second-order valence-corrected chi connectivity index (χ2v) is 16.7. The number of aromatic nitrogens is 1. The summed E-state index contributed by atoms with van der Waals surface area (Å²) < 4.78 is 34.1. The van der Waals surface area contributed by atoms with Gasteiger partial charge in [-0.05, 0) is 61.1 Å². The van der Waals surface area contributed by atoms with E-state index in [2.05, 4.69) is 46.2 Å². The minimum atomic E-state index is -3.84. The maximum absolute atomic E-state index is 14.4. The molecular weight excluding hydrogens is 663 g/mol. The molecule has 3 amide bonds. The van der Waals surface area contributed by atoms with Gasteiger partial charge in [0.15, 0.2) is 5.13 Å². The van der Waals surface area contributed by atoms with Crippen LogP contribution >= 0.6 is 11.3 Å². The Hall–Kier alpha value is -4.23. The third-order valence-corrected chi connectivity index (χ3v) is 12.5. The predicted octanol–water partition coefficient (Wildman–Crippen LogP) is 4.41. The Balaban J connectivity index is 1.22. The minimum Gasteiger partial charge on any atom is -0.488 e. The lowest BCUT2D eigenvalue weighted by molar-refractivity contribution is -0.140. The van der Waals surface area contributed by atoms with E-state index in [9.17, 15) is 22.8 Å². The van der Waals surface area contributed by atoms with Crippen molar-refractivity contribution in [3.63, 3.8) is 0 Å². The number of sulfonamides is 1. The molecule has 1 saturated heterocycles. The van der Waals surface area contributed by atoms with E-state index < -0.39 is 56.7 Å². The van der Waals surface area contributed by atoms with E-state index in [1.165, 1.54) is 16.2 Å². The van der Waals surface area contributed by atoms with Crippen LogP contribution < -0.4 is 20.1 Å². The molecule has 4 aliphatic rings. The Morgan fingerprint density at radius 3 is 2.78 bits per heavy atom. The van der Waals surface area contributed by atoms with Gasteiger partial charge in [0.2, 0.25) is 21.8 Å². The molecule has 0 radical (unpaired) electrons. The molecule has 49 heavy (non-hydrogen) atoms. The van der Waals surface area contributed by atoms with Gasteiger partial charge >= 0.3 is 0 Å². The van der Waals surface area contributed by atoms with E-state index in [0.717, 1.165) is 34.9 Å². The number of ether oxygens (including phenoxy) is 1. The van der Waals surface area contributed by atoms with Crippen molar-refractivity contribution >= 4 is 61.1 Å². The zero-order chi connectivity index (χ0) is 34.5. The van der Waals surface area contributed by atoms with Crippen LogP contribution in [0.2, 0.25) is 0 Å². The van der Waals surface area contributed by atoms with Crippen LogP contribution in [-0.2, 0) is 30.8 Å². The first-order valence-corrected chi connectivity index (χ1v) is 19.3. The number of rotatable bonds is 7. The molecule has 3 aromatic rings. The van der Waals surface area contributed by atoms with Crippen LogP contribution in [-0.4, -0.2) is 71.5 Å². The highest BCUT2D eigenvalue weighted by molar-refractivity contribution is 7.91. The van der Waals surface area contributed by atoms with Crippen molar-refractivity contribution in [2.75, 3.05) is 11.9 Å². The molecule has 5 atom stereocenters. The normalized spacial score (nSPS) is 27.5. The van der Waals surface area contributed by atoms with Gasteiger partial charge in [-0.25, -0.2) is 13.4 Å². The topological polar surface area (TPSA) is 147 Å². The molecule has 0 spiro atoms. The third kappa shape index (κ3) is 6.70. The number of carbonyl (C=O) groups excluding carboxylic acids is 3. The number of allylic oxidation sites excluding steroid dienone is 1. The van der Waals surface area contributed by atoms with Crippen molar-refractivity contribution in [2.24, 2.45) is 11.8 Å². The molecule has 2 saturated carbocycles. The number of fused-ring (bicyclic) bond motifs is 5. The first-order chi connectivity index (χ1) is 23.5. The van der Waals surface area contributed by atoms with Crippen molar-refractivity contribution in [3.05, 3.63) is 71.8 Å². The molecule has 2 aromatic carbocycles. The van der Waals surface area contributed by atoms with Crippen LogP contribution in [0.1, 0.15) is 57.2 Å². The number of amides is 3. The van der Waals surface area contributed by atoms with E-state index in [-0.39, 0.29) is 31.2 Å². The highest BCUT2D eigenvalue weighted by atomic mass is 32.2. The number of benzene rings is 2. The zero-order valence-corrected chi connectivity index (χ0v) is 29.2. The molecular formula is C36H41N5O6S2. The Morgan fingerprint density at radius 2 is 2.04 bits per heavy atom. The number of nitrogens with zero attached hydrogens (tertiary/aromatic N) is 2. The average molecular weight is 704 g/mol. The summed E-state index contributed by atoms with van der Waals surface area (Å²) >= 11 is 1.44. The maximum atomic E-state index is 14.4. The van der Waals surface area contributed by atoms with Gasteiger partial charge in [-0.15, -0.1) is 17.9 Å². The van der Waals surface area contributed by atoms with E-state index in [1.807, 2.05) is 43.5 Å². The fourth-order valence-electron chi connectivity index (χ4n) is 6.81. The number of thiazole rings is 1. The van der Waals surface area contributed by atoms with Gasteiger partial charge < -0.3 is 20.3 Å². The molecule has 7 rings (SSSR count). The Bertz CT molecular complexity index is 1950. The summed E-state index contributed by atoms with van der Waals surface area (Å²) in [7, 11) is -3.84. The lowest BCUT2D eigenvalue weighted by Crippen LogP contribution is -2.58. The molecule has 13 heteroatoms. The highest BCUT2D eigenvalue weighted by Crippen LogP contribution is 2.45.